The normalized spacial score (nSPS) is 11.5. The van der Waals surface area contributed by atoms with Crippen molar-refractivity contribution in [3.8, 4) is 0 Å². The lowest BCUT2D eigenvalue weighted by Crippen LogP contribution is -2.15. The Labute approximate surface area is 116 Å². The largest absolute Gasteiger partial charge is 0.360 e. The van der Waals surface area contributed by atoms with Crippen LogP contribution in [-0.4, -0.2) is 13.6 Å². The van der Waals surface area contributed by atoms with E-state index in [4.69, 9.17) is 16.1 Å². The monoisotopic (exact) mass is 300 g/mol. The average Bonchev–Trinajstić information content (AvgIpc) is 2.70. The predicted octanol–water partition coefficient (Wildman–Crippen LogP) is 2.83. The summed E-state index contributed by atoms with van der Waals surface area (Å²) in [6, 6.07) is 6.96. The second-order valence-electron chi connectivity index (χ2n) is 4.05. The van der Waals surface area contributed by atoms with E-state index in [1.165, 1.54) is 0 Å². The number of hydrogen-bond acceptors (Lipinski definition) is 4. The minimum absolute atomic E-state index is 0.0666. The molecule has 19 heavy (non-hydrogen) atoms. The van der Waals surface area contributed by atoms with Crippen LogP contribution in [0, 0.1) is 13.8 Å². The zero-order valence-corrected chi connectivity index (χ0v) is 12.0. The van der Waals surface area contributed by atoms with E-state index in [1.807, 2.05) is 0 Å². The first kappa shape index (κ1) is 13.9. The molecule has 1 aromatic carbocycles. The Morgan fingerprint density at radius 3 is 2.58 bits per heavy atom. The van der Waals surface area contributed by atoms with Gasteiger partial charge < -0.3 is 4.52 Å². The van der Waals surface area contributed by atoms with Gasteiger partial charge in [0.15, 0.2) is 10.7 Å². The maximum atomic E-state index is 12.3. The number of nitrogens with one attached hydrogen (secondary N) is 1. The van der Waals surface area contributed by atoms with Gasteiger partial charge >= 0.3 is 0 Å². The van der Waals surface area contributed by atoms with Crippen molar-refractivity contribution in [3.63, 3.8) is 0 Å². The Morgan fingerprint density at radius 2 is 2.00 bits per heavy atom. The first-order valence-electron chi connectivity index (χ1n) is 5.55. The highest BCUT2D eigenvalue weighted by Gasteiger charge is 2.24. The van der Waals surface area contributed by atoms with Gasteiger partial charge in [-0.1, -0.05) is 23.4 Å². The highest BCUT2D eigenvalue weighted by Crippen LogP contribution is 2.24. The molecule has 0 radical (unpaired) electrons. The van der Waals surface area contributed by atoms with Crippen molar-refractivity contribution < 1.29 is 12.9 Å². The van der Waals surface area contributed by atoms with Gasteiger partial charge in [-0.3, -0.25) is 4.72 Å². The van der Waals surface area contributed by atoms with Crippen LogP contribution in [0.25, 0.3) is 0 Å². The molecular weight excluding hydrogens is 288 g/mol. The number of alkyl halides is 1. The van der Waals surface area contributed by atoms with E-state index in [2.05, 4.69) is 9.88 Å². The van der Waals surface area contributed by atoms with E-state index in [1.54, 1.807) is 38.1 Å². The Kier molecular flexibility index (Phi) is 3.82. The number of sulfonamides is 1. The third-order valence-electron chi connectivity index (χ3n) is 2.64. The fraction of sp³-hybridized carbons (Fsp3) is 0.250. The Bertz CT molecular complexity index is 675. The average molecular weight is 301 g/mol. The maximum Gasteiger partial charge on any atom is 0.267 e. The molecule has 0 unspecified atom stereocenters. The van der Waals surface area contributed by atoms with Gasteiger partial charge in [0, 0.05) is 5.88 Å². The quantitative estimate of drug-likeness (QED) is 0.881. The number of aryl methyl sites for hydroxylation is 2. The number of anilines is 1. The molecule has 7 heteroatoms. The van der Waals surface area contributed by atoms with Crippen LogP contribution in [0.2, 0.25) is 0 Å². The molecule has 1 N–H and O–H groups in total. The van der Waals surface area contributed by atoms with Gasteiger partial charge in [0.25, 0.3) is 10.0 Å². The van der Waals surface area contributed by atoms with Gasteiger partial charge in [0.05, 0.1) is 5.69 Å². The summed E-state index contributed by atoms with van der Waals surface area (Å²) in [5, 5.41) is 3.65. The predicted molar refractivity (Wildman–Crippen MR) is 72.8 cm³/mol. The fourth-order valence-electron chi connectivity index (χ4n) is 1.79. The Hall–Kier alpha value is -1.53. The van der Waals surface area contributed by atoms with E-state index in [0.29, 0.717) is 16.9 Å². The van der Waals surface area contributed by atoms with Crippen LogP contribution in [0.5, 0.6) is 0 Å². The molecule has 0 aliphatic heterocycles. The molecule has 2 aromatic rings. The van der Waals surface area contributed by atoms with Gasteiger partial charge in [-0.25, -0.2) is 8.42 Å². The topological polar surface area (TPSA) is 72.2 Å². The van der Waals surface area contributed by atoms with Crippen molar-refractivity contribution in [3.05, 3.63) is 41.3 Å². The summed E-state index contributed by atoms with van der Waals surface area (Å²) in [4.78, 5) is 0.0666. The van der Waals surface area contributed by atoms with Crippen molar-refractivity contribution in [2.24, 2.45) is 0 Å². The lowest BCUT2D eigenvalue weighted by Gasteiger charge is -2.10. The molecule has 1 aromatic heterocycles. The molecule has 0 spiro atoms. The van der Waals surface area contributed by atoms with Crippen molar-refractivity contribution in [2.45, 2.75) is 24.6 Å². The minimum atomic E-state index is -3.73. The first-order valence-corrected chi connectivity index (χ1v) is 7.57. The van der Waals surface area contributed by atoms with Crippen LogP contribution in [0.4, 0.5) is 5.69 Å². The summed E-state index contributed by atoms with van der Waals surface area (Å²) in [6.45, 7) is 3.14. The second kappa shape index (κ2) is 5.22. The molecule has 0 aliphatic rings. The van der Waals surface area contributed by atoms with Crippen LogP contribution in [0.3, 0.4) is 0 Å². The fourth-order valence-corrected chi connectivity index (χ4v) is 3.46. The molecule has 0 saturated carbocycles. The van der Waals surface area contributed by atoms with E-state index >= 15 is 0 Å². The van der Waals surface area contributed by atoms with Gasteiger partial charge in [-0.15, -0.1) is 11.6 Å². The Balaban J connectivity index is 2.43. The Morgan fingerprint density at radius 1 is 1.32 bits per heavy atom. The molecule has 2 rings (SSSR count). The third-order valence-corrected chi connectivity index (χ3v) is 4.54. The molecule has 0 bridgehead atoms. The number of nitrogens with zero attached hydrogens (tertiary/aromatic N) is 1. The molecule has 0 amide bonds. The van der Waals surface area contributed by atoms with E-state index in [9.17, 15) is 8.42 Å². The number of para-hydroxylation sites is 1. The molecule has 5 nitrogen and oxygen atoms in total. The summed E-state index contributed by atoms with van der Waals surface area (Å²) >= 11 is 5.78. The molecule has 0 aliphatic carbocycles. The van der Waals surface area contributed by atoms with E-state index < -0.39 is 10.0 Å². The lowest BCUT2D eigenvalue weighted by atomic mass is 10.2. The van der Waals surface area contributed by atoms with Gasteiger partial charge in [0.2, 0.25) is 0 Å². The standard InChI is InChI=1S/C12H13ClN2O3S/c1-8-12(9(2)18-14-8)19(16,17)15-11-6-4-3-5-10(11)7-13/h3-6,15H,7H2,1-2H3. The molecule has 0 fully saturated rings. The zero-order valence-electron chi connectivity index (χ0n) is 10.5. The van der Waals surface area contributed by atoms with Gasteiger partial charge in [-0.05, 0) is 25.5 Å². The molecule has 0 saturated heterocycles. The van der Waals surface area contributed by atoms with Crippen molar-refractivity contribution in [1.82, 2.24) is 5.16 Å². The van der Waals surface area contributed by atoms with E-state index in [0.717, 1.165) is 0 Å². The number of rotatable bonds is 4. The molecule has 0 atom stereocenters. The summed E-state index contributed by atoms with van der Waals surface area (Å²) in [5.74, 6) is 0.480. The van der Waals surface area contributed by atoms with Crippen molar-refractivity contribution in [1.29, 1.82) is 0 Å². The maximum absolute atomic E-state index is 12.3. The molecule has 1 heterocycles. The van der Waals surface area contributed by atoms with Crippen LogP contribution in [0.1, 0.15) is 17.0 Å². The van der Waals surface area contributed by atoms with Gasteiger partial charge in [0.1, 0.15) is 5.69 Å². The number of hydrogen-bond donors (Lipinski definition) is 1. The van der Waals surface area contributed by atoms with Crippen LogP contribution in [0.15, 0.2) is 33.7 Å². The van der Waals surface area contributed by atoms with Crippen LogP contribution in [-0.2, 0) is 15.9 Å². The highest BCUT2D eigenvalue weighted by molar-refractivity contribution is 7.92. The van der Waals surface area contributed by atoms with Crippen molar-refractivity contribution >= 4 is 27.3 Å². The summed E-state index contributed by atoms with van der Waals surface area (Å²) in [6.07, 6.45) is 0. The summed E-state index contributed by atoms with van der Waals surface area (Å²) < 4.78 is 32.0. The van der Waals surface area contributed by atoms with Crippen LogP contribution >= 0.6 is 11.6 Å². The number of benzene rings is 1. The number of halogens is 1. The minimum Gasteiger partial charge on any atom is -0.360 e. The first-order chi connectivity index (χ1) is 8.95. The molecule has 102 valence electrons. The lowest BCUT2D eigenvalue weighted by molar-refractivity contribution is 0.390. The van der Waals surface area contributed by atoms with Crippen molar-refractivity contribution in [2.75, 3.05) is 4.72 Å². The van der Waals surface area contributed by atoms with Gasteiger partial charge in [-0.2, -0.15) is 0 Å². The SMILES string of the molecule is Cc1noc(C)c1S(=O)(=O)Nc1ccccc1CCl. The summed E-state index contributed by atoms with van der Waals surface area (Å²) in [7, 11) is -3.73. The number of aromatic nitrogens is 1. The third kappa shape index (κ3) is 2.74. The van der Waals surface area contributed by atoms with E-state index in [-0.39, 0.29) is 16.5 Å². The van der Waals surface area contributed by atoms with Crippen LogP contribution < -0.4 is 4.72 Å². The zero-order chi connectivity index (χ0) is 14.0. The smallest absolute Gasteiger partial charge is 0.267 e. The highest BCUT2D eigenvalue weighted by atomic mass is 35.5. The second-order valence-corrected chi connectivity index (χ2v) is 5.94. The summed E-state index contributed by atoms with van der Waals surface area (Å²) in [5.41, 5.74) is 1.49. The molecular formula is C12H13ClN2O3S.